The Morgan fingerprint density at radius 3 is 2.34 bits per heavy atom. The number of nitrogens with zero attached hydrogens (tertiary/aromatic N) is 2. The maximum Gasteiger partial charge on any atom is 0.322 e. The summed E-state index contributed by atoms with van der Waals surface area (Å²) in [5.74, 6) is 1.95. The lowest BCUT2D eigenvalue weighted by molar-refractivity contribution is -0.130. The number of likely N-dealkylation sites (tertiary alicyclic amines) is 1. The number of hydrogen-bond acceptors (Lipinski definition) is 5. The van der Waals surface area contributed by atoms with Crippen molar-refractivity contribution in [3.05, 3.63) is 42.4 Å². The Labute approximate surface area is 170 Å². The number of furan rings is 1. The van der Waals surface area contributed by atoms with Gasteiger partial charge in [0.25, 0.3) is 0 Å². The lowest BCUT2D eigenvalue weighted by Crippen LogP contribution is -2.49. The minimum atomic E-state index is -0.238. The van der Waals surface area contributed by atoms with E-state index in [9.17, 15) is 9.59 Å². The maximum atomic E-state index is 13.2. The number of methoxy groups -OCH3 is 2. The summed E-state index contributed by atoms with van der Waals surface area (Å²) in [5.41, 5.74) is 0.580. The molecular weight excluding hydrogens is 374 g/mol. The quantitative estimate of drug-likeness (QED) is 0.803. The summed E-state index contributed by atoms with van der Waals surface area (Å²) >= 11 is 0. The fourth-order valence-electron chi connectivity index (χ4n) is 3.50. The SMILES string of the molecule is COc1cc(NC(=O)N(Cc2ccco2)C2CCN(C(C)=O)CC2)cc(OC)c1. The van der Waals surface area contributed by atoms with Gasteiger partial charge in [0.15, 0.2) is 0 Å². The molecule has 0 radical (unpaired) electrons. The van der Waals surface area contributed by atoms with Gasteiger partial charge in [0.2, 0.25) is 5.91 Å². The van der Waals surface area contributed by atoms with E-state index >= 15 is 0 Å². The highest BCUT2D eigenvalue weighted by molar-refractivity contribution is 5.90. The number of amides is 3. The van der Waals surface area contributed by atoms with E-state index in [0.29, 0.717) is 42.6 Å². The number of ether oxygens (including phenoxy) is 2. The van der Waals surface area contributed by atoms with Gasteiger partial charge < -0.3 is 29.0 Å². The summed E-state index contributed by atoms with van der Waals surface area (Å²) in [6.45, 7) is 3.19. The monoisotopic (exact) mass is 401 g/mol. The zero-order valence-electron chi connectivity index (χ0n) is 17.0. The van der Waals surface area contributed by atoms with Crippen LogP contribution in [0.4, 0.5) is 10.5 Å². The van der Waals surface area contributed by atoms with Crippen molar-refractivity contribution >= 4 is 17.6 Å². The molecule has 0 unspecified atom stereocenters. The van der Waals surface area contributed by atoms with E-state index in [4.69, 9.17) is 13.9 Å². The number of benzene rings is 1. The molecule has 3 amide bonds. The minimum Gasteiger partial charge on any atom is -0.497 e. The van der Waals surface area contributed by atoms with Gasteiger partial charge in [-0.3, -0.25) is 4.79 Å². The molecule has 0 bridgehead atoms. The summed E-state index contributed by atoms with van der Waals surface area (Å²) in [5, 5.41) is 2.94. The van der Waals surface area contributed by atoms with Crippen LogP contribution in [-0.2, 0) is 11.3 Å². The van der Waals surface area contributed by atoms with Gasteiger partial charge in [-0.05, 0) is 25.0 Å². The number of nitrogens with one attached hydrogen (secondary N) is 1. The molecule has 1 saturated heterocycles. The van der Waals surface area contributed by atoms with E-state index in [0.717, 1.165) is 12.8 Å². The molecular formula is C21H27N3O5. The van der Waals surface area contributed by atoms with Gasteiger partial charge >= 0.3 is 6.03 Å². The van der Waals surface area contributed by atoms with Gasteiger partial charge in [0, 0.05) is 49.9 Å². The predicted octanol–water partition coefficient (Wildman–Crippen LogP) is 3.34. The lowest BCUT2D eigenvalue weighted by atomic mass is 10.0. The van der Waals surface area contributed by atoms with E-state index in [1.54, 1.807) is 56.6 Å². The molecule has 3 rings (SSSR count). The zero-order valence-corrected chi connectivity index (χ0v) is 17.0. The smallest absolute Gasteiger partial charge is 0.322 e. The van der Waals surface area contributed by atoms with Crippen molar-refractivity contribution in [2.75, 3.05) is 32.6 Å². The molecule has 1 aliphatic rings. The van der Waals surface area contributed by atoms with Gasteiger partial charge in [-0.15, -0.1) is 0 Å². The molecule has 29 heavy (non-hydrogen) atoms. The number of hydrogen-bond donors (Lipinski definition) is 1. The van der Waals surface area contributed by atoms with Gasteiger partial charge in [-0.25, -0.2) is 4.79 Å². The number of anilines is 1. The van der Waals surface area contributed by atoms with Crippen LogP contribution in [0.5, 0.6) is 11.5 Å². The Bertz CT molecular complexity index is 807. The van der Waals surface area contributed by atoms with Crippen LogP contribution in [0.15, 0.2) is 41.0 Å². The molecule has 0 aliphatic carbocycles. The van der Waals surface area contributed by atoms with Gasteiger partial charge in [0.1, 0.15) is 17.3 Å². The van der Waals surface area contributed by atoms with Crippen LogP contribution in [0.25, 0.3) is 0 Å². The highest BCUT2D eigenvalue weighted by atomic mass is 16.5. The molecule has 0 spiro atoms. The fourth-order valence-corrected chi connectivity index (χ4v) is 3.50. The number of carbonyl (C=O) groups excluding carboxylic acids is 2. The van der Waals surface area contributed by atoms with E-state index in [1.807, 2.05) is 11.0 Å². The number of carbonyl (C=O) groups is 2. The molecule has 0 atom stereocenters. The first-order chi connectivity index (χ1) is 14.0. The fraction of sp³-hybridized carbons (Fsp3) is 0.429. The summed E-state index contributed by atoms with van der Waals surface area (Å²) in [4.78, 5) is 28.4. The minimum absolute atomic E-state index is 0.00297. The molecule has 1 aromatic heterocycles. The first kappa shape index (κ1) is 20.6. The Morgan fingerprint density at radius 1 is 1.17 bits per heavy atom. The first-order valence-electron chi connectivity index (χ1n) is 9.58. The van der Waals surface area contributed by atoms with Crippen LogP contribution >= 0.6 is 0 Å². The first-order valence-corrected chi connectivity index (χ1v) is 9.58. The standard InChI is InChI=1S/C21H27N3O5/c1-15(25)23-8-6-17(7-9-23)24(14-18-5-4-10-29-18)21(26)22-16-11-19(27-2)13-20(12-16)28-3/h4-5,10-13,17H,6-9,14H2,1-3H3,(H,22,26). The van der Waals surface area contributed by atoms with E-state index < -0.39 is 0 Å². The number of rotatable bonds is 6. The summed E-state index contributed by atoms with van der Waals surface area (Å²) in [6.07, 6.45) is 3.03. The average Bonchev–Trinajstić information content (AvgIpc) is 3.25. The van der Waals surface area contributed by atoms with Gasteiger partial charge in [0.05, 0.1) is 27.0 Å². The Hall–Kier alpha value is -3.16. The molecule has 1 aliphatic heterocycles. The molecule has 2 heterocycles. The average molecular weight is 401 g/mol. The van der Waals surface area contributed by atoms with Crippen LogP contribution in [0.1, 0.15) is 25.5 Å². The third kappa shape index (κ3) is 5.22. The van der Waals surface area contributed by atoms with Crippen LogP contribution in [0.3, 0.4) is 0 Å². The second-order valence-electron chi connectivity index (χ2n) is 6.98. The highest BCUT2D eigenvalue weighted by Crippen LogP contribution is 2.27. The van der Waals surface area contributed by atoms with Crippen molar-refractivity contribution < 1.29 is 23.5 Å². The molecule has 8 nitrogen and oxygen atoms in total. The second-order valence-corrected chi connectivity index (χ2v) is 6.98. The molecule has 156 valence electrons. The van der Waals surface area contributed by atoms with Crippen molar-refractivity contribution in [2.24, 2.45) is 0 Å². The summed E-state index contributed by atoms with van der Waals surface area (Å²) in [7, 11) is 3.12. The molecule has 2 aromatic rings. The lowest BCUT2D eigenvalue weighted by Gasteiger charge is -2.38. The molecule has 1 N–H and O–H groups in total. The number of urea groups is 1. The van der Waals surface area contributed by atoms with Crippen LogP contribution in [-0.4, -0.2) is 55.1 Å². The van der Waals surface area contributed by atoms with E-state index in [2.05, 4.69) is 5.32 Å². The summed E-state index contributed by atoms with van der Waals surface area (Å²) in [6, 6.07) is 8.64. The normalized spacial score (nSPS) is 14.4. The van der Waals surface area contributed by atoms with Crippen molar-refractivity contribution in [1.82, 2.24) is 9.80 Å². The third-order valence-electron chi connectivity index (χ3n) is 5.12. The van der Waals surface area contributed by atoms with Crippen molar-refractivity contribution in [2.45, 2.75) is 32.4 Å². The van der Waals surface area contributed by atoms with Crippen molar-refractivity contribution in [3.8, 4) is 11.5 Å². The van der Waals surface area contributed by atoms with Crippen LogP contribution in [0.2, 0.25) is 0 Å². The van der Waals surface area contributed by atoms with Crippen molar-refractivity contribution in [3.63, 3.8) is 0 Å². The second kappa shape index (κ2) is 9.36. The Balaban J connectivity index is 1.77. The van der Waals surface area contributed by atoms with Gasteiger partial charge in [-0.1, -0.05) is 0 Å². The molecule has 1 fully saturated rings. The summed E-state index contributed by atoms with van der Waals surface area (Å²) < 4.78 is 16.0. The Kier molecular flexibility index (Phi) is 6.64. The van der Waals surface area contributed by atoms with Gasteiger partial charge in [-0.2, -0.15) is 0 Å². The van der Waals surface area contributed by atoms with Crippen molar-refractivity contribution in [1.29, 1.82) is 0 Å². The predicted molar refractivity (Wildman–Crippen MR) is 108 cm³/mol. The van der Waals surface area contributed by atoms with E-state index in [1.165, 1.54) is 0 Å². The highest BCUT2D eigenvalue weighted by Gasteiger charge is 2.29. The van der Waals surface area contributed by atoms with Crippen LogP contribution < -0.4 is 14.8 Å². The third-order valence-corrected chi connectivity index (χ3v) is 5.12. The molecule has 0 saturated carbocycles. The largest absolute Gasteiger partial charge is 0.497 e. The maximum absolute atomic E-state index is 13.2. The van der Waals surface area contributed by atoms with Crippen LogP contribution in [0, 0.1) is 0 Å². The molecule has 8 heteroatoms. The number of piperidine rings is 1. The zero-order chi connectivity index (χ0) is 20.8. The topological polar surface area (TPSA) is 84.3 Å². The van der Waals surface area contributed by atoms with E-state index in [-0.39, 0.29) is 18.0 Å². The Morgan fingerprint density at radius 2 is 1.83 bits per heavy atom. The molecule has 1 aromatic carbocycles.